The Morgan fingerprint density at radius 2 is 1.78 bits per heavy atom. The van der Waals surface area contributed by atoms with E-state index in [1.54, 1.807) is 12.1 Å². The van der Waals surface area contributed by atoms with E-state index in [0.29, 0.717) is 24.5 Å². The number of carbonyl (C=O) groups is 1. The molecule has 0 bridgehead atoms. The third-order valence-electron chi connectivity index (χ3n) is 4.63. The van der Waals surface area contributed by atoms with Crippen LogP contribution in [0.15, 0.2) is 48.5 Å². The van der Waals surface area contributed by atoms with Gasteiger partial charge in [0.15, 0.2) is 0 Å². The maximum atomic E-state index is 12.8. The van der Waals surface area contributed by atoms with Gasteiger partial charge in [-0.3, -0.25) is 9.48 Å². The highest BCUT2D eigenvalue weighted by Gasteiger charge is 2.18. The summed E-state index contributed by atoms with van der Waals surface area (Å²) in [6.07, 6.45) is 0. The number of nitrogens with one attached hydrogen (secondary N) is 1. The van der Waals surface area contributed by atoms with Gasteiger partial charge in [0.25, 0.3) is 5.91 Å². The summed E-state index contributed by atoms with van der Waals surface area (Å²) in [5.74, 6) is 0.390. The number of hydrogen-bond donors (Lipinski definition) is 1. The van der Waals surface area contributed by atoms with Crippen LogP contribution in [0, 0.1) is 20.8 Å². The van der Waals surface area contributed by atoms with E-state index in [1.807, 2.05) is 49.7 Å². The van der Waals surface area contributed by atoms with E-state index in [-0.39, 0.29) is 5.91 Å². The Kier molecular flexibility index (Phi) is 5.60. The van der Waals surface area contributed by atoms with Gasteiger partial charge in [-0.25, -0.2) is 0 Å². The highest BCUT2D eigenvalue weighted by molar-refractivity contribution is 6.06. The number of anilines is 1. The molecule has 2 aromatic carbocycles. The molecule has 3 rings (SSSR count). The summed E-state index contributed by atoms with van der Waals surface area (Å²) in [6.45, 7) is 9.06. The average Bonchev–Trinajstić information content (AvgIpc) is 2.92. The first-order chi connectivity index (χ1) is 13.0. The van der Waals surface area contributed by atoms with Gasteiger partial charge in [0.1, 0.15) is 5.75 Å². The van der Waals surface area contributed by atoms with Crippen molar-refractivity contribution in [1.29, 1.82) is 0 Å². The SMILES string of the molecule is CCOc1ccccc1C(=O)Nc1c(C)nn(Cc2ccccc2C)c1C. The topological polar surface area (TPSA) is 56.1 Å². The number of para-hydroxylation sites is 1. The Bertz CT molecular complexity index is 960. The molecule has 1 N–H and O–H groups in total. The number of aryl methyl sites for hydroxylation is 2. The molecule has 0 unspecified atom stereocenters. The Hall–Kier alpha value is -3.08. The quantitative estimate of drug-likeness (QED) is 0.701. The molecule has 0 saturated heterocycles. The molecule has 5 heteroatoms. The molecule has 0 aliphatic heterocycles. The molecule has 5 nitrogen and oxygen atoms in total. The third kappa shape index (κ3) is 4.03. The lowest BCUT2D eigenvalue weighted by Crippen LogP contribution is -2.15. The molecule has 3 aromatic rings. The number of rotatable bonds is 6. The van der Waals surface area contributed by atoms with Crippen LogP contribution in [-0.4, -0.2) is 22.3 Å². The first kappa shape index (κ1) is 18.7. The van der Waals surface area contributed by atoms with Gasteiger partial charge in [-0.2, -0.15) is 5.10 Å². The molecule has 0 atom stereocenters. The summed E-state index contributed by atoms with van der Waals surface area (Å²) in [7, 11) is 0. The van der Waals surface area contributed by atoms with E-state index in [4.69, 9.17) is 4.74 Å². The molecule has 0 aliphatic rings. The van der Waals surface area contributed by atoms with Gasteiger partial charge in [-0.15, -0.1) is 0 Å². The second-order valence-corrected chi connectivity index (χ2v) is 6.51. The molecule has 1 heterocycles. The Balaban J connectivity index is 1.85. The van der Waals surface area contributed by atoms with E-state index >= 15 is 0 Å². The largest absolute Gasteiger partial charge is 0.493 e. The standard InChI is InChI=1S/C22H25N3O2/c1-5-27-20-13-9-8-12-19(20)22(26)23-21-16(3)24-25(17(21)4)14-18-11-7-6-10-15(18)2/h6-13H,5,14H2,1-4H3,(H,23,26). The van der Waals surface area contributed by atoms with Crippen LogP contribution in [0.5, 0.6) is 5.75 Å². The van der Waals surface area contributed by atoms with Crippen molar-refractivity contribution in [3.63, 3.8) is 0 Å². The fourth-order valence-corrected chi connectivity index (χ4v) is 3.10. The minimum absolute atomic E-state index is 0.194. The molecular formula is C22H25N3O2. The predicted molar refractivity (Wildman–Crippen MR) is 108 cm³/mol. The Morgan fingerprint density at radius 1 is 1.07 bits per heavy atom. The number of benzene rings is 2. The van der Waals surface area contributed by atoms with Gasteiger partial charge in [0.2, 0.25) is 0 Å². The Labute approximate surface area is 160 Å². The molecule has 0 fully saturated rings. The lowest BCUT2D eigenvalue weighted by Gasteiger charge is -2.11. The summed E-state index contributed by atoms with van der Waals surface area (Å²) in [6, 6.07) is 15.5. The first-order valence-electron chi connectivity index (χ1n) is 9.13. The van der Waals surface area contributed by atoms with Crippen LogP contribution in [0.25, 0.3) is 0 Å². The van der Waals surface area contributed by atoms with Gasteiger partial charge in [0, 0.05) is 0 Å². The van der Waals surface area contributed by atoms with Crippen molar-refractivity contribution in [2.45, 2.75) is 34.2 Å². The number of aromatic nitrogens is 2. The normalized spacial score (nSPS) is 10.7. The van der Waals surface area contributed by atoms with Crippen molar-refractivity contribution in [2.75, 3.05) is 11.9 Å². The minimum Gasteiger partial charge on any atom is -0.493 e. The predicted octanol–water partition coefficient (Wildman–Crippen LogP) is 4.51. The number of ether oxygens (including phenoxy) is 1. The average molecular weight is 363 g/mol. The van der Waals surface area contributed by atoms with E-state index in [9.17, 15) is 4.79 Å². The highest BCUT2D eigenvalue weighted by atomic mass is 16.5. The van der Waals surface area contributed by atoms with Crippen LogP contribution in [-0.2, 0) is 6.54 Å². The van der Waals surface area contributed by atoms with Crippen LogP contribution >= 0.6 is 0 Å². The molecule has 0 aliphatic carbocycles. The number of carbonyl (C=O) groups excluding carboxylic acids is 1. The molecule has 1 aromatic heterocycles. The van der Waals surface area contributed by atoms with Crippen molar-refractivity contribution >= 4 is 11.6 Å². The monoisotopic (exact) mass is 363 g/mol. The summed E-state index contributed by atoms with van der Waals surface area (Å²) in [5.41, 5.74) is 5.43. The fraction of sp³-hybridized carbons (Fsp3) is 0.273. The van der Waals surface area contributed by atoms with Crippen molar-refractivity contribution in [3.8, 4) is 5.75 Å². The van der Waals surface area contributed by atoms with E-state index < -0.39 is 0 Å². The van der Waals surface area contributed by atoms with Crippen LogP contribution < -0.4 is 10.1 Å². The van der Waals surface area contributed by atoms with E-state index in [0.717, 1.165) is 17.1 Å². The van der Waals surface area contributed by atoms with Gasteiger partial charge in [-0.1, -0.05) is 36.4 Å². The zero-order valence-electron chi connectivity index (χ0n) is 16.2. The molecule has 0 saturated carbocycles. The second kappa shape index (κ2) is 8.08. The Morgan fingerprint density at radius 3 is 2.52 bits per heavy atom. The van der Waals surface area contributed by atoms with Crippen LogP contribution in [0.2, 0.25) is 0 Å². The van der Waals surface area contributed by atoms with Gasteiger partial charge < -0.3 is 10.1 Å². The lowest BCUT2D eigenvalue weighted by molar-refractivity contribution is 0.102. The molecular weight excluding hydrogens is 338 g/mol. The zero-order valence-corrected chi connectivity index (χ0v) is 16.2. The van der Waals surface area contributed by atoms with Crippen molar-refractivity contribution in [1.82, 2.24) is 9.78 Å². The van der Waals surface area contributed by atoms with E-state index in [1.165, 1.54) is 11.1 Å². The molecule has 140 valence electrons. The van der Waals surface area contributed by atoms with Gasteiger partial charge in [-0.05, 0) is 51.0 Å². The fourth-order valence-electron chi connectivity index (χ4n) is 3.10. The maximum Gasteiger partial charge on any atom is 0.259 e. The molecule has 0 spiro atoms. The number of hydrogen-bond acceptors (Lipinski definition) is 3. The first-order valence-corrected chi connectivity index (χ1v) is 9.13. The maximum absolute atomic E-state index is 12.8. The number of nitrogens with zero attached hydrogens (tertiary/aromatic N) is 2. The summed E-state index contributed by atoms with van der Waals surface area (Å²) in [4.78, 5) is 12.8. The summed E-state index contributed by atoms with van der Waals surface area (Å²) < 4.78 is 7.50. The zero-order chi connectivity index (χ0) is 19.4. The van der Waals surface area contributed by atoms with Crippen molar-refractivity contribution in [2.24, 2.45) is 0 Å². The highest BCUT2D eigenvalue weighted by Crippen LogP contribution is 2.24. The van der Waals surface area contributed by atoms with Crippen molar-refractivity contribution < 1.29 is 9.53 Å². The third-order valence-corrected chi connectivity index (χ3v) is 4.63. The van der Waals surface area contributed by atoms with Crippen LogP contribution in [0.1, 0.15) is 39.8 Å². The van der Waals surface area contributed by atoms with Gasteiger partial charge >= 0.3 is 0 Å². The second-order valence-electron chi connectivity index (χ2n) is 6.51. The minimum atomic E-state index is -0.194. The van der Waals surface area contributed by atoms with Crippen LogP contribution in [0.4, 0.5) is 5.69 Å². The molecule has 0 radical (unpaired) electrons. The summed E-state index contributed by atoms with van der Waals surface area (Å²) in [5, 5.41) is 7.63. The molecule has 27 heavy (non-hydrogen) atoms. The van der Waals surface area contributed by atoms with Gasteiger partial charge in [0.05, 0.1) is 35.8 Å². The lowest BCUT2D eigenvalue weighted by atomic mass is 10.1. The van der Waals surface area contributed by atoms with E-state index in [2.05, 4.69) is 29.5 Å². The number of amides is 1. The molecule has 1 amide bonds. The van der Waals surface area contributed by atoms with Crippen molar-refractivity contribution in [3.05, 3.63) is 76.6 Å². The summed E-state index contributed by atoms with van der Waals surface area (Å²) >= 11 is 0. The smallest absolute Gasteiger partial charge is 0.259 e. The van der Waals surface area contributed by atoms with Crippen LogP contribution in [0.3, 0.4) is 0 Å².